The van der Waals surface area contributed by atoms with Crippen LogP contribution in [-0.4, -0.2) is 90.8 Å². The summed E-state index contributed by atoms with van der Waals surface area (Å²) < 4.78 is 126. The second-order valence-electron chi connectivity index (χ2n) is 8.40. The fourth-order valence-corrected chi connectivity index (χ4v) is 3.35. The van der Waals surface area contributed by atoms with Gasteiger partial charge in [-0.3, -0.25) is 15.3 Å². The maximum Gasteiger partial charge on any atom is 0.495 e. The van der Waals surface area contributed by atoms with E-state index in [9.17, 15) is 68.3 Å². The van der Waals surface area contributed by atoms with Gasteiger partial charge in [0.1, 0.15) is 18.3 Å². The molecule has 0 aliphatic heterocycles. The first-order valence-corrected chi connectivity index (χ1v) is 13.2. The van der Waals surface area contributed by atoms with Crippen LogP contribution in [0.4, 0.5) is 39.5 Å². The molecule has 0 aromatic heterocycles. The van der Waals surface area contributed by atoms with E-state index in [1.165, 1.54) is 17.8 Å². The molecule has 1 rings (SSSR count). The Morgan fingerprint density at radius 1 is 0.830 bits per heavy atom. The van der Waals surface area contributed by atoms with Gasteiger partial charge in [0, 0.05) is 12.2 Å². The van der Waals surface area contributed by atoms with Gasteiger partial charge < -0.3 is 24.8 Å². The van der Waals surface area contributed by atoms with Crippen LogP contribution in [0.3, 0.4) is 0 Å². The minimum Gasteiger partial charge on any atom is -0.454 e. The number of carbonyl (C=O) groups excluding carboxylic acids is 6. The minimum atomic E-state index is -5.75. The number of rotatable bonds is 13. The highest BCUT2D eigenvalue weighted by Crippen LogP contribution is 2.26. The van der Waals surface area contributed by atoms with Crippen LogP contribution in [0, 0.1) is 0 Å². The number of carbonyl (C=O) groups is 6. The summed E-state index contributed by atoms with van der Waals surface area (Å²) >= 11 is 0.634. The second-order valence-corrected chi connectivity index (χ2v) is 9.31. The quantitative estimate of drug-likeness (QED) is 0.0485. The SMILES string of the molecule is CSCC(OC(=O)CNOC(=O)C(F)(F)F)[C@@](N)(OC(=O)C(N)Cc1ccccc1OC(=O)C(F)(F)F)C(=O)OOC(=O)C(F)(F)F. The van der Waals surface area contributed by atoms with Crippen LogP contribution >= 0.6 is 11.8 Å². The van der Waals surface area contributed by atoms with E-state index in [0.29, 0.717) is 11.8 Å². The third-order valence-electron chi connectivity index (χ3n) is 4.85. The van der Waals surface area contributed by atoms with E-state index in [1.54, 1.807) is 0 Å². The molecule has 264 valence electrons. The lowest BCUT2D eigenvalue weighted by molar-refractivity contribution is -0.297. The van der Waals surface area contributed by atoms with Gasteiger partial charge in [0.05, 0.1) is 0 Å². The third-order valence-corrected chi connectivity index (χ3v) is 5.48. The Morgan fingerprint density at radius 3 is 1.89 bits per heavy atom. The Labute approximate surface area is 259 Å². The largest absolute Gasteiger partial charge is 0.495 e. The van der Waals surface area contributed by atoms with Gasteiger partial charge >= 0.3 is 60.1 Å². The van der Waals surface area contributed by atoms with E-state index in [2.05, 4.69) is 19.3 Å². The van der Waals surface area contributed by atoms with E-state index in [1.807, 2.05) is 0 Å². The van der Waals surface area contributed by atoms with Crippen molar-refractivity contribution in [3.63, 3.8) is 0 Å². The number of hydrogen-bond acceptors (Lipinski definition) is 16. The van der Waals surface area contributed by atoms with Gasteiger partial charge in [-0.25, -0.2) is 29.0 Å². The van der Waals surface area contributed by atoms with Gasteiger partial charge in [-0.05, 0) is 17.9 Å². The summed E-state index contributed by atoms with van der Waals surface area (Å²) in [6.07, 6.45) is -18.6. The van der Waals surface area contributed by atoms with Crippen LogP contribution in [0.25, 0.3) is 0 Å². The summed E-state index contributed by atoms with van der Waals surface area (Å²) in [5.74, 6) is -15.9. The topological polar surface area (TPSA) is 222 Å². The summed E-state index contributed by atoms with van der Waals surface area (Å²) in [4.78, 5) is 81.3. The molecule has 0 radical (unpaired) electrons. The lowest BCUT2D eigenvalue weighted by Gasteiger charge is -2.33. The van der Waals surface area contributed by atoms with Crippen molar-refractivity contribution in [2.45, 2.75) is 42.8 Å². The zero-order valence-electron chi connectivity index (χ0n) is 22.9. The number of thioether (sulfide) groups is 1. The molecule has 1 aromatic carbocycles. The molecule has 0 amide bonds. The van der Waals surface area contributed by atoms with Gasteiger partial charge in [-0.1, -0.05) is 18.2 Å². The van der Waals surface area contributed by atoms with E-state index in [-0.39, 0.29) is 5.56 Å². The highest BCUT2D eigenvalue weighted by Gasteiger charge is 2.53. The molecule has 0 aliphatic carbocycles. The van der Waals surface area contributed by atoms with Crippen LogP contribution in [0.5, 0.6) is 5.75 Å². The molecule has 0 saturated carbocycles. The maximum atomic E-state index is 12.9. The molecule has 2 unspecified atom stereocenters. The molecule has 15 nitrogen and oxygen atoms in total. The van der Waals surface area contributed by atoms with E-state index >= 15 is 0 Å². The van der Waals surface area contributed by atoms with Gasteiger partial charge in [-0.2, -0.15) is 51.3 Å². The van der Waals surface area contributed by atoms with Gasteiger partial charge in [0.2, 0.25) is 0 Å². The predicted molar refractivity (Wildman–Crippen MR) is 129 cm³/mol. The monoisotopic (exact) mass is 721 g/mol. The molecule has 0 aliphatic rings. The van der Waals surface area contributed by atoms with Gasteiger partial charge in [0.25, 0.3) is 0 Å². The normalized spacial score (nSPS) is 14.5. The molecular formula is C22H20F9N3O12S. The van der Waals surface area contributed by atoms with Crippen LogP contribution in [0.2, 0.25) is 0 Å². The van der Waals surface area contributed by atoms with E-state index in [4.69, 9.17) is 20.9 Å². The second kappa shape index (κ2) is 16.5. The van der Waals surface area contributed by atoms with Crippen LogP contribution in [0.1, 0.15) is 5.56 Å². The molecule has 0 saturated heterocycles. The number of para-hydroxylation sites is 1. The van der Waals surface area contributed by atoms with Gasteiger partial charge in [-0.15, -0.1) is 5.48 Å². The summed E-state index contributed by atoms with van der Waals surface area (Å²) in [7, 11) is 0. The first-order valence-electron chi connectivity index (χ1n) is 11.8. The van der Waals surface area contributed by atoms with E-state index < -0.39 is 96.7 Å². The molecule has 47 heavy (non-hydrogen) atoms. The fraction of sp³-hybridized carbons (Fsp3) is 0.455. The molecule has 5 N–H and O–H groups in total. The Hall–Kier alpha value is -4.36. The minimum absolute atomic E-state index is 0.342. The number of alkyl halides is 9. The number of halogens is 9. The van der Waals surface area contributed by atoms with Crippen LogP contribution in [-0.2, 0) is 59.3 Å². The lowest BCUT2D eigenvalue weighted by atomic mass is 10.0. The van der Waals surface area contributed by atoms with Crippen molar-refractivity contribution in [2.24, 2.45) is 11.5 Å². The molecule has 3 atom stereocenters. The highest BCUT2D eigenvalue weighted by atomic mass is 32.2. The number of esters is 3. The van der Waals surface area contributed by atoms with Crippen molar-refractivity contribution in [1.82, 2.24) is 5.48 Å². The maximum absolute atomic E-state index is 12.9. The Bertz CT molecular complexity index is 1330. The Kier molecular flexibility index (Phi) is 14.2. The number of hydrogen-bond donors (Lipinski definition) is 3. The van der Waals surface area contributed by atoms with Gasteiger partial charge in [0.15, 0.2) is 6.10 Å². The molecular weight excluding hydrogens is 701 g/mol. The first kappa shape index (κ1) is 40.7. The summed E-state index contributed by atoms with van der Waals surface area (Å²) in [6, 6.07) is 2.17. The molecule has 0 fully saturated rings. The third kappa shape index (κ3) is 12.7. The number of hydroxylamine groups is 1. The molecule has 0 bridgehead atoms. The average molecular weight is 721 g/mol. The van der Waals surface area contributed by atoms with Crippen LogP contribution in [0.15, 0.2) is 24.3 Å². The smallest absolute Gasteiger partial charge is 0.454 e. The number of ether oxygens (including phenoxy) is 3. The number of nitrogens with one attached hydrogen (secondary N) is 1. The Balaban J connectivity index is 3.30. The number of nitrogens with two attached hydrogens (primary N) is 2. The summed E-state index contributed by atoms with van der Waals surface area (Å²) in [5.41, 5.74) is 8.76. The molecule has 0 spiro atoms. The van der Waals surface area contributed by atoms with Crippen LogP contribution < -0.4 is 21.7 Å². The Morgan fingerprint density at radius 2 is 1.36 bits per heavy atom. The predicted octanol–water partition coefficient (Wildman–Crippen LogP) is 0.671. The standard InChI is InChI=1S/C22H20F9N3O12S/c1-47-8-12(42-13(35)7-34-44-17(39)21(26,27)28)19(33,15(37)45-46-18(40)22(29,30)31)43-14(36)10(32)6-9-4-2-3-5-11(9)41-16(38)20(23,24)25/h2-5,10,12,34H,6-8,32-33H2,1H3/t10?,12?,19-/m1/s1. The lowest BCUT2D eigenvalue weighted by Crippen LogP contribution is -2.64. The van der Waals surface area contributed by atoms with Crippen molar-refractivity contribution in [3.8, 4) is 5.75 Å². The van der Waals surface area contributed by atoms with Crippen molar-refractivity contribution >= 4 is 47.6 Å². The molecule has 1 aromatic rings. The van der Waals surface area contributed by atoms with Crippen molar-refractivity contribution in [1.29, 1.82) is 0 Å². The first-order chi connectivity index (χ1) is 21.4. The van der Waals surface area contributed by atoms with Crippen molar-refractivity contribution < 1.29 is 97.1 Å². The van der Waals surface area contributed by atoms with Crippen molar-refractivity contribution in [3.05, 3.63) is 29.8 Å². The highest BCUT2D eigenvalue weighted by molar-refractivity contribution is 7.98. The fourth-order valence-electron chi connectivity index (χ4n) is 2.73. The number of benzene rings is 1. The zero-order valence-corrected chi connectivity index (χ0v) is 23.8. The average Bonchev–Trinajstić information content (AvgIpc) is 2.94. The summed E-state index contributed by atoms with van der Waals surface area (Å²) in [5, 5.41) is 0. The van der Waals surface area contributed by atoms with E-state index in [0.717, 1.165) is 18.2 Å². The van der Waals surface area contributed by atoms with Crippen molar-refractivity contribution in [2.75, 3.05) is 18.6 Å². The zero-order chi connectivity index (χ0) is 36.4. The molecule has 0 heterocycles. The summed E-state index contributed by atoms with van der Waals surface area (Å²) in [6.45, 7) is -1.40. The molecule has 25 heteroatoms.